The highest BCUT2D eigenvalue weighted by molar-refractivity contribution is 7.90. The van der Waals surface area contributed by atoms with Crippen LogP contribution >= 0.6 is 11.6 Å². The van der Waals surface area contributed by atoms with Crippen LogP contribution in [-0.4, -0.2) is 51.2 Å². The van der Waals surface area contributed by atoms with Gasteiger partial charge in [0.1, 0.15) is 5.21 Å². The number of alkyl halides is 1. The molecule has 0 aromatic carbocycles. The van der Waals surface area contributed by atoms with Crippen molar-refractivity contribution in [3.8, 4) is 0 Å². The fourth-order valence-corrected chi connectivity index (χ4v) is 4.46. The van der Waals surface area contributed by atoms with Gasteiger partial charge in [0.2, 0.25) is 20.0 Å². The second-order valence-electron chi connectivity index (χ2n) is 4.33. The maximum atomic E-state index is 11.8. The molecular formula is C9H19ClN2O4S2. The number of sulfonamides is 2. The molecule has 1 N–H and O–H groups in total. The van der Waals surface area contributed by atoms with Gasteiger partial charge >= 0.3 is 0 Å². The predicted octanol–water partition coefficient (Wildman–Crippen LogP) is 0.306. The molecule has 0 aliphatic carbocycles. The van der Waals surface area contributed by atoms with E-state index in [0.29, 0.717) is 32.4 Å². The second-order valence-corrected chi connectivity index (χ2v) is 8.76. The normalized spacial score (nSPS) is 20.1. The molecule has 1 heterocycles. The predicted molar refractivity (Wildman–Crippen MR) is 71.4 cm³/mol. The first-order chi connectivity index (χ1) is 8.30. The zero-order valence-electron chi connectivity index (χ0n) is 10.3. The van der Waals surface area contributed by atoms with Crippen LogP contribution in [0.2, 0.25) is 0 Å². The van der Waals surface area contributed by atoms with Gasteiger partial charge in [-0.3, -0.25) is 0 Å². The van der Waals surface area contributed by atoms with Crippen LogP contribution in [0, 0.1) is 0 Å². The molecule has 0 unspecified atom stereocenters. The number of piperidine rings is 1. The summed E-state index contributed by atoms with van der Waals surface area (Å²) >= 11 is 5.30. The highest BCUT2D eigenvalue weighted by Crippen LogP contribution is 2.15. The van der Waals surface area contributed by atoms with Crippen molar-refractivity contribution in [1.82, 2.24) is 9.03 Å². The first-order valence-electron chi connectivity index (χ1n) is 5.84. The smallest absolute Gasteiger partial charge is 0.212 e. The van der Waals surface area contributed by atoms with Crippen LogP contribution in [0.5, 0.6) is 0 Å². The van der Waals surface area contributed by atoms with Crippen molar-refractivity contribution in [1.29, 1.82) is 0 Å². The summed E-state index contributed by atoms with van der Waals surface area (Å²) in [6.45, 7) is 2.54. The van der Waals surface area contributed by atoms with Crippen LogP contribution in [0.1, 0.15) is 26.2 Å². The van der Waals surface area contributed by atoms with Crippen molar-refractivity contribution in [2.75, 3.05) is 24.1 Å². The average molecular weight is 319 g/mol. The van der Waals surface area contributed by atoms with E-state index >= 15 is 0 Å². The summed E-state index contributed by atoms with van der Waals surface area (Å²) in [5.41, 5.74) is 0. The molecule has 1 fully saturated rings. The molecule has 0 radical (unpaired) electrons. The summed E-state index contributed by atoms with van der Waals surface area (Å²) in [5, 5.41) is -0.471. The molecule has 0 atom stereocenters. The zero-order chi connectivity index (χ0) is 13.8. The summed E-state index contributed by atoms with van der Waals surface area (Å²) in [6.07, 6.45) is 1.55. The fourth-order valence-electron chi connectivity index (χ4n) is 1.92. The minimum Gasteiger partial charge on any atom is -0.212 e. The third-order valence-corrected chi connectivity index (χ3v) is 6.72. The largest absolute Gasteiger partial charge is 0.225 e. The Labute approximate surface area is 114 Å². The first-order valence-corrected chi connectivity index (χ1v) is 9.64. The second kappa shape index (κ2) is 6.51. The van der Waals surface area contributed by atoms with Crippen molar-refractivity contribution >= 4 is 31.6 Å². The minimum absolute atomic E-state index is 0.144. The zero-order valence-corrected chi connectivity index (χ0v) is 12.7. The van der Waals surface area contributed by atoms with Gasteiger partial charge in [-0.15, -0.1) is 11.6 Å². The van der Waals surface area contributed by atoms with Crippen molar-refractivity contribution < 1.29 is 16.8 Å². The Morgan fingerprint density at radius 1 is 1.22 bits per heavy atom. The summed E-state index contributed by atoms with van der Waals surface area (Å²) < 4.78 is 50.0. The summed E-state index contributed by atoms with van der Waals surface area (Å²) in [7, 11) is -6.61. The summed E-state index contributed by atoms with van der Waals surface area (Å²) in [4.78, 5) is 0. The lowest BCUT2D eigenvalue weighted by atomic mass is 10.1. The number of hydrogen-bond acceptors (Lipinski definition) is 4. The standard InChI is InChI=1S/C9H19ClN2O4S2/c1-2-7-18(15,16)12-5-3-9(4-6-12)11-17(13,14)8-10/h9,11H,2-8H2,1H3. The summed E-state index contributed by atoms with van der Waals surface area (Å²) in [5.74, 6) is 0.144. The molecule has 0 aromatic rings. The Bertz CT molecular complexity index is 455. The quantitative estimate of drug-likeness (QED) is 0.714. The van der Waals surface area contributed by atoms with Gasteiger partial charge in [-0.1, -0.05) is 6.92 Å². The highest BCUT2D eigenvalue weighted by atomic mass is 35.5. The van der Waals surface area contributed by atoms with Crippen molar-refractivity contribution in [2.45, 2.75) is 32.2 Å². The molecular weight excluding hydrogens is 300 g/mol. The van der Waals surface area contributed by atoms with E-state index in [-0.39, 0.29) is 11.8 Å². The summed E-state index contributed by atoms with van der Waals surface area (Å²) in [6, 6.07) is -0.221. The number of rotatable bonds is 6. The Kier molecular flexibility index (Phi) is 5.85. The maximum absolute atomic E-state index is 11.8. The SMILES string of the molecule is CCCS(=O)(=O)N1CCC(NS(=O)(=O)CCl)CC1. The molecule has 0 bridgehead atoms. The molecule has 9 heteroatoms. The number of nitrogens with zero attached hydrogens (tertiary/aromatic N) is 1. The molecule has 1 saturated heterocycles. The molecule has 18 heavy (non-hydrogen) atoms. The fraction of sp³-hybridized carbons (Fsp3) is 1.00. The number of halogens is 1. The molecule has 1 aliphatic heterocycles. The maximum Gasteiger partial charge on any atom is 0.225 e. The Balaban J connectivity index is 2.52. The lowest BCUT2D eigenvalue weighted by Gasteiger charge is -2.31. The van der Waals surface area contributed by atoms with Crippen molar-refractivity contribution in [2.24, 2.45) is 0 Å². The molecule has 0 amide bonds. The van der Waals surface area contributed by atoms with Crippen molar-refractivity contribution in [3.63, 3.8) is 0 Å². The highest BCUT2D eigenvalue weighted by Gasteiger charge is 2.28. The van der Waals surface area contributed by atoms with Gasteiger partial charge in [0.25, 0.3) is 0 Å². The van der Waals surface area contributed by atoms with Crippen LogP contribution in [-0.2, 0) is 20.0 Å². The Hall–Kier alpha value is 0.110. The van der Waals surface area contributed by atoms with Gasteiger partial charge in [-0.2, -0.15) is 0 Å². The van der Waals surface area contributed by atoms with E-state index in [9.17, 15) is 16.8 Å². The van der Waals surface area contributed by atoms with E-state index < -0.39 is 25.3 Å². The van der Waals surface area contributed by atoms with Crippen LogP contribution in [0.4, 0.5) is 0 Å². The molecule has 6 nitrogen and oxygen atoms in total. The number of nitrogens with one attached hydrogen (secondary N) is 1. The minimum atomic E-state index is -3.43. The molecule has 0 saturated carbocycles. The Morgan fingerprint density at radius 2 is 1.78 bits per heavy atom. The molecule has 0 spiro atoms. The monoisotopic (exact) mass is 318 g/mol. The molecule has 1 rings (SSSR count). The van der Waals surface area contributed by atoms with Crippen LogP contribution in [0.25, 0.3) is 0 Å². The van der Waals surface area contributed by atoms with Gasteiger partial charge in [-0.05, 0) is 19.3 Å². The lowest BCUT2D eigenvalue weighted by Crippen LogP contribution is -2.47. The van der Waals surface area contributed by atoms with Gasteiger partial charge in [0.05, 0.1) is 5.75 Å². The molecule has 108 valence electrons. The third kappa shape index (κ3) is 4.65. The first kappa shape index (κ1) is 16.2. The van der Waals surface area contributed by atoms with Crippen LogP contribution in [0.15, 0.2) is 0 Å². The lowest BCUT2D eigenvalue weighted by molar-refractivity contribution is 0.308. The van der Waals surface area contributed by atoms with E-state index in [1.807, 2.05) is 6.92 Å². The molecule has 1 aliphatic rings. The topological polar surface area (TPSA) is 83.6 Å². The van der Waals surface area contributed by atoms with Gasteiger partial charge in [0, 0.05) is 19.1 Å². The van der Waals surface area contributed by atoms with Crippen LogP contribution in [0.3, 0.4) is 0 Å². The Morgan fingerprint density at radius 3 is 2.22 bits per heavy atom. The van der Waals surface area contributed by atoms with E-state index in [1.165, 1.54) is 4.31 Å². The van der Waals surface area contributed by atoms with Crippen molar-refractivity contribution in [3.05, 3.63) is 0 Å². The van der Waals surface area contributed by atoms with E-state index in [4.69, 9.17) is 11.6 Å². The van der Waals surface area contributed by atoms with E-state index in [0.717, 1.165) is 0 Å². The van der Waals surface area contributed by atoms with E-state index in [2.05, 4.69) is 4.72 Å². The molecule has 0 aromatic heterocycles. The number of hydrogen-bond donors (Lipinski definition) is 1. The van der Waals surface area contributed by atoms with Gasteiger partial charge in [0.15, 0.2) is 0 Å². The van der Waals surface area contributed by atoms with Gasteiger partial charge in [-0.25, -0.2) is 25.9 Å². The van der Waals surface area contributed by atoms with E-state index in [1.54, 1.807) is 0 Å². The van der Waals surface area contributed by atoms with Gasteiger partial charge < -0.3 is 0 Å². The van der Waals surface area contributed by atoms with Crippen LogP contribution < -0.4 is 4.72 Å². The third-order valence-electron chi connectivity index (χ3n) is 2.80. The average Bonchev–Trinajstić information content (AvgIpc) is 2.29.